The monoisotopic (exact) mass is 242 g/mol. The summed E-state index contributed by atoms with van der Waals surface area (Å²) < 4.78 is 1.46. The lowest BCUT2D eigenvalue weighted by molar-refractivity contribution is 0.0715. The van der Waals surface area contributed by atoms with Crippen LogP contribution in [0.1, 0.15) is 24.3 Å². The average Bonchev–Trinajstić information content (AvgIpc) is 2.70. The molecule has 0 saturated heterocycles. The highest BCUT2D eigenvalue weighted by Crippen LogP contribution is 2.12. The highest BCUT2D eigenvalue weighted by molar-refractivity contribution is 5.97. The van der Waals surface area contributed by atoms with E-state index in [2.05, 4.69) is 10.4 Å². The molecular formula is C10H18N4O3. The summed E-state index contributed by atoms with van der Waals surface area (Å²) in [6.07, 6.45) is 1.40. The number of aliphatic hydroxyl groups is 2. The largest absolute Gasteiger partial charge is 0.396 e. The minimum Gasteiger partial charge on any atom is -0.396 e. The quantitative estimate of drug-likeness (QED) is 0.526. The van der Waals surface area contributed by atoms with Crippen LogP contribution in [0.3, 0.4) is 0 Å². The number of aryl methyl sites for hydroxylation is 1. The van der Waals surface area contributed by atoms with E-state index < -0.39 is 11.4 Å². The van der Waals surface area contributed by atoms with Crippen LogP contribution in [0.4, 0.5) is 5.69 Å². The van der Waals surface area contributed by atoms with E-state index in [0.717, 1.165) is 0 Å². The van der Waals surface area contributed by atoms with Crippen molar-refractivity contribution in [3.05, 3.63) is 11.9 Å². The molecule has 96 valence electrons. The molecule has 0 bridgehead atoms. The maximum atomic E-state index is 12.0. The Morgan fingerprint density at radius 3 is 2.65 bits per heavy atom. The first-order valence-corrected chi connectivity index (χ1v) is 5.33. The number of aliphatic hydroxyl groups excluding tert-OH is 2. The molecule has 0 atom stereocenters. The Hall–Kier alpha value is -1.60. The first-order valence-electron chi connectivity index (χ1n) is 5.33. The van der Waals surface area contributed by atoms with E-state index in [9.17, 15) is 4.79 Å². The molecule has 1 heterocycles. The lowest BCUT2D eigenvalue weighted by atomic mass is 10.1. The Kier molecular flexibility index (Phi) is 4.08. The Labute approximate surface area is 99.2 Å². The van der Waals surface area contributed by atoms with Crippen molar-refractivity contribution < 1.29 is 15.0 Å². The number of carbonyl (C=O) groups is 1. The smallest absolute Gasteiger partial charge is 0.272 e. The molecule has 0 aliphatic heterocycles. The summed E-state index contributed by atoms with van der Waals surface area (Å²) in [4.78, 5) is 12.0. The number of rotatable bonds is 5. The molecular weight excluding hydrogens is 224 g/mol. The van der Waals surface area contributed by atoms with Gasteiger partial charge in [0.05, 0.1) is 30.6 Å². The molecule has 0 aliphatic carbocycles. The van der Waals surface area contributed by atoms with Crippen molar-refractivity contribution in [1.82, 2.24) is 15.1 Å². The van der Waals surface area contributed by atoms with Gasteiger partial charge in [0.25, 0.3) is 5.91 Å². The van der Waals surface area contributed by atoms with Gasteiger partial charge in [-0.05, 0) is 13.8 Å². The number of nitrogens with zero attached hydrogens (tertiary/aromatic N) is 2. The van der Waals surface area contributed by atoms with Gasteiger partial charge in [0, 0.05) is 6.54 Å². The molecule has 0 saturated carbocycles. The van der Waals surface area contributed by atoms with Crippen molar-refractivity contribution in [2.75, 3.05) is 18.9 Å². The summed E-state index contributed by atoms with van der Waals surface area (Å²) in [5.41, 5.74) is 5.08. The molecule has 0 unspecified atom stereocenters. The van der Waals surface area contributed by atoms with E-state index in [0.29, 0.717) is 6.54 Å². The number of nitrogens with two attached hydrogens (primary N) is 1. The van der Waals surface area contributed by atoms with Gasteiger partial charge in [0.1, 0.15) is 5.69 Å². The van der Waals surface area contributed by atoms with Crippen LogP contribution in [0.25, 0.3) is 0 Å². The fourth-order valence-corrected chi connectivity index (χ4v) is 1.35. The molecule has 0 aliphatic rings. The zero-order valence-electron chi connectivity index (χ0n) is 9.97. The summed E-state index contributed by atoms with van der Waals surface area (Å²) >= 11 is 0. The molecule has 0 fully saturated rings. The Morgan fingerprint density at radius 1 is 1.59 bits per heavy atom. The number of hydrogen-bond acceptors (Lipinski definition) is 5. The SMILES string of the molecule is CCn1ncc(N)c1C(=O)NC(C)(CO)CO. The maximum absolute atomic E-state index is 12.0. The van der Waals surface area contributed by atoms with Crippen molar-refractivity contribution >= 4 is 11.6 Å². The number of hydrogen-bond donors (Lipinski definition) is 4. The number of amides is 1. The summed E-state index contributed by atoms with van der Waals surface area (Å²) in [5, 5.41) is 24.7. The van der Waals surface area contributed by atoms with Gasteiger partial charge < -0.3 is 21.3 Å². The number of carbonyl (C=O) groups excluding carboxylic acids is 1. The van der Waals surface area contributed by atoms with Crippen LogP contribution < -0.4 is 11.1 Å². The molecule has 1 amide bonds. The summed E-state index contributed by atoms with van der Waals surface area (Å²) in [7, 11) is 0. The lowest BCUT2D eigenvalue weighted by Gasteiger charge is -2.26. The van der Waals surface area contributed by atoms with E-state index in [4.69, 9.17) is 15.9 Å². The van der Waals surface area contributed by atoms with Gasteiger partial charge in [0.2, 0.25) is 0 Å². The molecule has 7 nitrogen and oxygen atoms in total. The third-order valence-corrected chi connectivity index (χ3v) is 2.50. The number of anilines is 1. The lowest BCUT2D eigenvalue weighted by Crippen LogP contribution is -2.52. The van der Waals surface area contributed by atoms with Crippen molar-refractivity contribution in [1.29, 1.82) is 0 Å². The Bertz CT molecular complexity index is 398. The zero-order chi connectivity index (χ0) is 13.1. The van der Waals surface area contributed by atoms with E-state index in [1.54, 1.807) is 0 Å². The van der Waals surface area contributed by atoms with Gasteiger partial charge in [-0.1, -0.05) is 0 Å². The summed E-state index contributed by atoms with van der Waals surface area (Å²) in [6.45, 7) is 3.15. The van der Waals surface area contributed by atoms with Crippen LogP contribution in [0.2, 0.25) is 0 Å². The summed E-state index contributed by atoms with van der Waals surface area (Å²) in [6, 6.07) is 0. The van der Waals surface area contributed by atoms with E-state index in [1.807, 2.05) is 6.92 Å². The van der Waals surface area contributed by atoms with Gasteiger partial charge >= 0.3 is 0 Å². The average molecular weight is 242 g/mol. The van der Waals surface area contributed by atoms with Crippen molar-refractivity contribution in [2.45, 2.75) is 25.9 Å². The van der Waals surface area contributed by atoms with Gasteiger partial charge in [-0.3, -0.25) is 9.48 Å². The van der Waals surface area contributed by atoms with Crippen LogP contribution in [-0.2, 0) is 6.54 Å². The molecule has 17 heavy (non-hydrogen) atoms. The van der Waals surface area contributed by atoms with Gasteiger partial charge in [-0.15, -0.1) is 0 Å². The van der Waals surface area contributed by atoms with Crippen LogP contribution in [0.5, 0.6) is 0 Å². The minimum absolute atomic E-state index is 0.237. The molecule has 7 heteroatoms. The molecule has 5 N–H and O–H groups in total. The normalized spacial score (nSPS) is 11.5. The Morgan fingerprint density at radius 2 is 2.18 bits per heavy atom. The fourth-order valence-electron chi connectivity index (χ4n) is 1.35. The van der Waals surface area contributed by atoms with Crippen molar-refractivity contribution in [3.8, 4) is 0 Å². The standard InChI is InChI=1S/C10H18N4O3/c1-3-14-8(7(11)4-12-14)9(17)13-10(2,5-15)6-16/h4,15-16H,3,5-6,11H2,1-2H3,(H,13,17). The minimum atomic E-state index is -1.08. The first kappa shape index (κ1) is 13.5. The van der Waals surface area contributed by atoms with Gasteiger partial charge in [-0.2, -0.15) is 5.10 Å². The van der Waals surface area contributed by atoms with Gasteiger partial charge in [-0.25, -0.2) is 0 Å². The topological polar surface area (TPSA) is 113 Å². The molecule has 1 rings (SSSR count). The molecule has 0 aromatic carbocycles. The van der Waals surface area contributed by atoms with E-state index in [1.165, 1.54) is 17.8 Å². The van der Waals surface area contributed by atoms with E-state index in [-0.39, 0.29) is 24.6 Å². The van der Waals surface area contributed by atoms with Crippen molar-refractivity contribution in [3.63, 3.8) is 0 Å². The van der Waals surface area contributed by atoms with Crippen LogP contribution in [0, 0.1) is 0 Å². The third-order valence-electron chi connectivity index (χ3n) is 2.50. The third kappa shape index (κ3) is 2.75. The van der Waals surface area contributed by atoms with Crippen LogP contribution in [0.15, 0.2) is 6.20 Å². The highest BCUT2D eigenvalue weighted by Gasteiger charge is 2.27. The van der Waals surface area contributed by atoms with Crippen molar-refractivity contribution in [2.24, 2.45) is 0 Å². The second-order valence-electron chi connectivity index (χ2n) is 4.10. The molecule has 0 spiro atoms. The molecule has 1 aromatic heterocycles. The van der Waals surface area contributed by atoms with Crippen LogP contribution in [-0.4, -0.2) is 44.7 Å². The predicted molar refractivity (Wildman–Crippen MR) is 62.4 cm³/mol. The molecule has 0 radical (unpaired) electrons. The number of nitrogens with one attached hydrogen (secondary N) is 1. The van der Waals surface area contributed by atoms with Gasteiger partial charge in [0.15, 0.2) is 0 Å². The maximum Gasteiger partial charge on any atom is 0.272 e. The second kappa shape index (κ2) is 5.15. The zero-order valence-corrected chi connectivity index (χ0v) is 9.97. The number of aromatic nitrogens is 2. The van der Waals surface area contributed by atoms with Crippen LogP contribution >= 0.6 is 0 Å². The van der Waals surface area contributed by atoms with E-state index >= 15 is 0 Å². The predicted octanol–water partition coefficient (Wildman–Crippen LogP) is -1.04. The Balaban J connectivity index is 2.93. The first-order chi connectivity index (χ1) is 7.97. The fraction of sp³-hybridized carbons (Fsp3) is 0.600. The summed E-state index contributed by atoms with van der Waals surface area (Å²) in [5.74, 6) is -0.465. The molecule has 1 aromatic rings. The highest BCUT2D eigenvalue weighted by atomic mass is 16.3. The number of nitrogen functional groups attached to an aromatic ring is 1. The second-order valence-corrected chi connectivity index (χ2v) is 4.10.